The molecule has 0 spiro atoms. The molecule has 0 saturated carbocycles. The minimum Gasteiger partial charge on any atom is -0.495 e. The summed E-state index contributed by atoms with van der Waals surface area (Å²) in [7, 11) is 1.51. The number of ether oxygens (including phenoxy) is 2. The van der Waals surface area contributed by atoms with Crippen molar-refractivity contribution in [2.75, 3.05) is 24.4 Å². The van der Waals surface area contributed by atoms with Gasteiger partial charge in [0.05, 0.1) is 42.5 Å². The number of urea groups is 1. The van der Waals surface area contributed by atoms with Gasteiger partial charge in [-0.3, -0.25) is 10.3 Å². The molecule has 0 aliphatic carbocycles. The van der Waals surface area contributed by atoms with E-state index in [9.17, 15) is 4.79 Å². The van der Waals surface area contributed by atoms with Crippen molar-refractivity contribution in [3.63, 3.8) is 0 Å². The Morgan fingerprint density at radius 1 is 1.22 bits per heavy atom. The molecule has 0 fully saturated rings. The lowest BCUT2D eigenvalue weighted by Gasteiger charge is -2.14. The van der Waals surface area contributed by atoms with Crippen molar-refractivity contribution in [3.8, 4) is 11.5 Å². The van der Waals surface area contributed by atoms with Crippen LogP contribution in [-0.4, -0.2) is 29.7 Å². The van der Waals surface area contributed by atoms with E-state index in [0.717, 1.165) is 5.69 Å². The van der Waals surface area contributed by atoms with Crippen LogP contribution in [0, 0.1) is 6.92 Å². The minimum absolute atomic E-state index is 0.339. The average Bonchev–Trinajstić information content (AvgIpc) is 2.52. The molecule has 7 nitrogen and oxygen atoms in total. The van der Waals surface area contributed by atoms with Crippen LogP contribution in [-0.2, 0) is 0 Å². The summed E-state index contributed by atoms with van der Waals surface area (Å²) in [6, 6.07) is 2.70. The summed E-state index contributed by atoms with van der Waals surface area (Å²) in [5, 5.41) is 5.61. The van der Waals surface area contributed by atoms with Crippen molar-refractivity contribution < 1.29 is 14.3 Å². The third-order valence-corrected chi connectivity index (χ3v) is 3.12. The molecule has 1 aromatic heterocycles. The van der Waals surface area contributed by atoms with Gasteiger partial charge in [-0.1, -0.05) is 11.6 Å². The fraction of sp³-hybridized carbons (Fsp3) is 0.267. The molecule has 0 aliphatic heterocycles. The number of amides is 2. The highest BCUT2D eigenvalue weighted by Crippen LogP contribution is 2.36. The van der Waals surface area contributed by atoms with Crippen LogP contribution in [0.4, 0.5) is 16.3 Å². The number of carbonyl (C=O) groups is 1. The maximum absolute atomic E-state index is 12.1. The molecular formula is C15H17ClN4O3. The third-order valence-electron chi connectivity index (χ3n) is 2.82. The van der Waals surface area contributed by atoms with Gasteiger partial charge in [-0.05, 0) is 19.9 Å². The Hall–Kier alpha value is -2.54. The summed E-state index contributed by atoms with van der Waals surface area (Å²) in [5.74, 6) is 1.26. The Labute approximate surface area is 139 Å². The molecule has 23 heavy (non-hydrogen) atoms. The fourth-order valence-electron chi connectivity index (χ4n) is 1.79. The highest BCUT2D eigenvalue weighted by molar-refractivity contribution is 6.32. The van der Waals surface area contributed by atoms with Crippen molar-refractivity contribution >= 4 is 29.1 Å². The first-order chi connectivity index (χ1) is 11.0. The number of aromatic nitrogens is 2. The number of aryl methyl sites for hydroxylation is 1. The topological polar surface area (TPSA) is 85.4 Å². The normalized spacial score (nSPS) is 10.1. The summed E-state index contributed by atoms with van der Waals surface area (Å²) in [6.07, 6.45) is 3.03. The van der Waals surface area contributed by atoms with Crippen LogP contribution in [0.5, 0.6) is 11.5 Å². The number of rotatable bonds is 5. The average molecular weight is 337 g/mol. The quantitative estimate of drug-likeness (QED) is 0.873. The number of nitrogens with one attached hydrogen (secondary N) is 2. The number of methoxy groups -OCH3 is 1. The Morgan fingerprint density at radius 2 is 2.00 bits per heavy atom. The van der Waals surface area contributed by atoms with E-state index in [1.807, 2.05) is 13.8 Å². The van der Waals surface area contributed by atoms with Crippen LogP contribution in [0.15, 0.2) is 24.5 Å². The van der Waals surface area contributed by atoms with Crippen molar-refractivity contribution in [2.24, 2.45) is 0 Å². The summed E-state index contributed by atoms with van der Waals surface area (Å²) in [4.78, 5) is 20.2. The van der Waals surface area contributed by atoms with E-state index < -0.39 is 6.03 Å². The molecule has 1 aromatic carbocycles. The fourth-order valence-corrected chi connectivity index (χ4v) is 2.03. The maximum Gasteiger partial charge on any atom is 0.325 e. The van der Waals surface area contributed by atoms with Crippen LogP contribution >= 0.6 is 11.6 Å². The van der Waals surface area contributed by atoms with Gasteiger partial charge in [0.2, 0.25) is 0 Å². The largest absolute Gasteiger partial charge is 0.495 e. The van der Waals surface area contributed by atoms with Gasteiger partial charge in [0.25, 0.3) is 0 Å². The monoisotopic (exact) mass is 336 g/mol. The predicted molar refractivity (Wildman–Crippen MR) is 88.6 cm³/mol. The molecule has 2 rings (SSSR count). The first-order valence-corrected chi connectivity index (χ1v) is 7.28. The van der Waals surface area contributed by atoms with Crippen molar-refractivity contribution in [1.29, 1.82) is 0 Å². The van der Waals surface area contributed by atoms with E-state index in [1.165, 1.54) is 13.3 Å². The van der Waals surface area contributed by atoms with Gasteiger partial charge in [0, 0.05) is 6.07 Å². The van der Waals surface area contributed by atoms with Gasteiger partial charge >= 0.3 is 6.03 Å². The first-order valence-electron chi connectivity index (χ1n) is 6.90. The van der Waals surface area contributed by atoms with Gasteiger partial charge in [-0.25, -0.2) is 9.78 Å². The number of anilines is 2. The van der Waals surface area contributed by atoms with E-state index in [4.69, 9.17) is 21.1 Å². The molecule has 0 bridgehead atoms. The minimum atomic E-state index is -0.481. The van der Waals surface area contributed by atoms with E-state index in [-0.39, 0.29) is 0 Å². The van der Waals surface area contributed by atoms with E-state index >= 15 is 0 Å². The van der Waals surface area contributed by atoms with Crippen LogP contribution < -0.4 is 20.1 Å². The van der Waals surface area contributed by atoms with Crippen molar-refractivity contribution in [2.45, 2.75) is 13.8 Å². The zero-order valence-corrected chi connectivity index (χ0v) is 13.8. The molecule has 2 amide bonds. The standard InChI is InChI=1S/C15H17ClN4O3/c1-4-23-13-6-12(22-3)10(16)5-11(13)19-15(21)20-14-8-17-9(2)7-18-14/h5-8H,4H2,1-3H3,(H2,18,19,20,21). The Balaban J connectivity index is 2.15. The number of nitrogens with zero attached hydrogens (tertiary/aromatic N) is 2. The zero-order chi connectivity index (χ0) is 16.8. The predicted octanol–water partition coefficient (Wildman–Crippen LogP) is 3.49. The molecule has 2 aromatic rings. The molecule has 122 valence electrons. The van der Waals surface area contributed by atoms with Crippen LogP contribution in [0.1, 0.15) is 12.6 Å². The number of hydrogen-bond acceptors (Lipinski definition) is 5. The SMILES string of the molecule is CCOc1cc(OC)c(Cl)cc1NC(=O)Nc1cnc(C)cn1. The molecule has 0 aliphatic rings. The van der Waals surface area contributed by atoms with Gasteiger partial charge in [0.15, 0.2) is 5.82 Å². The lowest BCUT2D eigenvalue weighted by Crippen LogP contribution is -2.20. The molecule has 1 heterocycles. The van der Waals surface area contributed by atoms with Crippen LogP contribution in [0.3, 0.4) is 0 Å². The second-order valence-electron chi connectivity index (χ2n) is 4.54. The number of carbonyl (C=O) groups excluding carboxylic acids is 1. The first kappa shape index (κ1) is 16.8. The molecule has 0 unspecified atom stereocenters. The molecule has 0 saturated heterocycles. The lowest BCUT2D eigenvalue weighted by atomic mass is 10.2. The second kappa shape index (κ2) is 7.64. The third kappa shape index (κ3) is 4.46. The number of halogens is 1. The van der Waals surface area contributed by atoms with Crippen molar-refractivity contribution in [1.82, 2.24) is 9.97 Å². The maximum atomic E-state index is 12.1. The Morgan fingerprint density at radius 3 is 2.61 bits per heavy atom. The summed E-state index contributed by atoms with van der Waals surface area (Å²) in [6.45, 7) is 4.09. The molecular weight excluding hydrogens is 320 g/mol. The van der Waals surface area contributed by atoms with E-state index in [0.29, 0.717) is 34.6 Å². The Bertz CT molecular complexity index is 692. The van der Waals surface area contributed by atoms with E-state index in [1.54, 1.807) is 18.3 Å². The molecule has 8 heteroatoms. The molecule has 0 atom stereocenters. The second-order valence-corrected chi connectivity index (χ2v) is 4.95. The summed E-state index contributed by atoms with van der Waals surface area (Å²) < 4.78 is 10.6. The van der Waals surface area contributed by atoms with Gasteiger partial charge in [-0.15, -0.1) is 0 Å². The highest BCUT2D eigenvalue weighted by Gasteiger charge is 2.13. The van der Waals surface area contributed by atoms with Gasteiger partial charge in [0.1, 0.15) is 11.5 Å². The lowest BCUT2D eigenvalue weighted by molar-refractivity contribution is 0.261. The number of hydrogen-bond donors (Lipinski definition) is 2. The van der Waals surface area contributed by atoms with E-state index in [2.05, 4.69) is 20.6 Å². The van der Waals surface area contributed by atoms with Gasteiger partial charge in [-0.2, -0.15) is 0 Å². The molecule has 0 radical (unpaired) electrons. The van der Waals surface area contributed by atoms with Gasteiger partial charge < -0.3 is 14.8 Å². The molecule has 2 N–H and O–H groups in total. The van der Waals surface area contributed by atoms with Crippen LogP contribution in [0.25, 0.3) is 0 Å². The smallest absolute Gasteiger partial charge is 0.325 e. The number of benzene rings is 1. The summed E-state index contributed by atoms with van der Waals surface area (Å²) >= 11 is 6.09. The summed E-state index contributed by atoms with van der Waals surface area (Å²) in [5.41, 5.74) is 1.19. The van der Waals surface area contributed by atoms with Crippen molar-refractivity contribution in [3.05, 3.63) is 35.2 Å². The Kier molecular flexibility index (Phi) is 5.59. The van der Waals surface area contributed by atoms with Crippen LogP contribution in [0.2, 0.25) is 5.02 Å². The zero-order valence-electron chi connectivity index (χ0n) is 13.0. The highest BCUT2D eigenvalue weighted by atomic mass is 35.5.